The lowest BCUT2D eigenvalue weighted by Gasteiger charge is -2.10. The van der Waals surface area contributed by atoms with Gasteiger partial charge >= 0.3 is 0 Å². The average molecular weight is 323 g/mol. The van der Waals surface area contributed by atoms with Crippen LogP contribution >= 0.6 is 12.2 Å². The number of hydrogen-bond donors (Lipinski definition) is 1. The van der Waals surface area contributed by atoms with Crippen LogP contribution in [0.4, 0.5) is 0 Å². The molecule has 0 atom stereocenters. The summed E-state index contributed by atoms with van der Waals surface area (Å²) in [4.78, 5) is 5.25. The van der Waals surface area contributed by atoms with E-state index in [1.54, 1.807) is 0 Å². The largest absolute Gasteiger partial charge is 0.389 e. The summed E-state index contributed by atoms with van der Waals surface area (Å²) >= 11 is 5.09. The number of benzene rings is 2. The Morgan fingerprint density at radius 2 is 2.00 bits per heavy atom. The van der Waals surface area contributed by atoms with Crippen LogP contribution in [-0.4, -0.2) is 14.5 Å². The van der Waals surface area contributed by atoms with Crippen molar-refractivity contribution in [3.05, 3.63) is 65.5 Å². The number of imidazole rings is 1. The predicted octanol–water partition coefficient (Wildman–Crippen LogP) is 4.06. The van der Waals surface area contributed by atoms with Crippen molar-refractivity contribution in [2.45, 2.75) is 32.7 Å². The minimum absolute atomic E-state index is 0.438. The number of rotatable bonds is 6. The van der Waals surface area contributed by atoms with Gasteiger partial charge in [0.1, 0.15) is 10.8 Å². The van der Waals surface area contributed by atoms with E-state index in [4.69, 9.17) is 22.9 Å². The highest BCUT2D eigenvalue weighted by molar-refractivity contribution is 7.80. The Balaban J connectivity index is 2.00. The fraction of sp³-hybridized carbons (Fsp3) is 0.263. The predicted molar refractivity (Wildman–Crippen MR) is 99.8 cm³/mol. The molecule has 0 aliphatic carbocycles. The normalized spacial score (nSPS) is 11.0. The van der Waals surface area contributed by atoms with E-state index in [1.165, 1.54) is 17.5 Å². The van der Waals surface area contributed by atoms with Gasteiger partial charge in [0.05, 0.1) is 11.0 Å². The Morgan fingerprint density at radius 3 is 2.78 bits per heavy atom. The standard InChI is InChI=1S/C19H21N3S/c1-2-3-11-18-21-16-9-4-5-10-17(16)22(18)13-14-7-6-8-15(12-14)19(20)23/h4-10,12H,2-3,11,13H2,1H3,(H2,20,23). The number of nitrogens with two attached hydrogens (primary N) is 1. The number of nitrogens with zero attached hydrogens (tertiary/aromatic N) is 2. The van der Waals surface area contributed by atoms with Gasteiger partial charge in [0, 0.05) is 18.5 Å². The molecule has 118 valence electrons. The van der Waals surface area contributed by atoms with E-state index < -0.39 is 0 Å². The Kier molecular flexibility index (Phi) is 4.72. The van der Waals surface area contributed by atoms with E-state index in [9.17, 15) is 0 Å². The lowest BCUT2D eigenvalue weighted by molar-refractivity contribution is 0.690. The molecule has 2 aromatic carbocycles. The summed E-state index contributed by atoms with van der Waals surface area (Å²) in [5, 5.41) is 0. The van der Waals surface area contributed by atoms with Gasteiger partial charge in [-0.2, -0.15) is 0 Å². The molecule has 0 radical (unpaired) electrons. The Hall–Kier alpha value is -2.20. The smallest absolute Gasteiger partial charge is 0.110 e. The average Bonchev–Trinajstić information content (AvgIpc) is 2.91. The molecule has 0 unspecified atom stereocenters. The van der Waals surface area contributed by atoms with Crippen molar-refractivity contribution in [2.24, 2.45) is 5.73 Å². The lowest BCUT2D eigenvalue weighted by atomic mass is 10.1. The van der Waals surface area contributed by atoms with Crippen LogP contribution in [0, 0.1) is 0 Å². The van der Waals surface area contributed by atoms with E-state index in [0.29, 0.717) is 4.99 Å². The second-order valence-corrected chi connectivity index (χ2v) is 6.21. The second kappa shape index (κ2) is 6.92. The van der Waals surface area contributed by atoms with Crippen LogP contribution in [0.2, 0.25) is 0 Å². The zero-order valence-corrected chi connectivity index (χ0v) is 14.1. The van der Waals surface area contributed by atoms with Gasteiger partial charge in [0.15, 0.2) is 0 Å². The molecule has 0 aliphatic rings. The highest BCUT2D eigenvalue weighted by atomic mass is 32.1. The van der Waals surface area contributed by atoms with Crippen molar-refractivity contribution in [3.8, 4) is 0 Å². The van der Waals surface area contributed by atoms with Crippen LogP contribution in [0.25, 0.3) is 11.0 Å². The van der Waals surface area contributed by atoms with Crippen LogP contribution in [0.1, 0.15) is 36.7 Å². The van der Waals surface area contributed by atoms with Crippen molar-refractivity contribution in [1.29, 1.82) is 0 Å². The summed E-state index contributed by atoms with van der Waals surface area (Å²) in [7, 11) is 0. The third-order valence-corrected chi connectivity index (χ3v) is 4.28. The van der Waals surface area contributed by atoms with Gasteiger partial charge in [0.2, 0.25) is 0 Å². The fourth-order valence-corrected chi connectivity index (χ4v) is 2.96. The Morgan fingerprint density at radius 1 is 1.17 bits per heavy atom. The molecule has 0 spiro atoms. The third kappa shape index (κ3) is 3.42. The first-order chi connectivity index (χ1) is 11.2. The molecule has 0 fully saturated rings. The maximum atomic E-state index is 5.75. The van der Waals surface area contributed by atoms with E-state index in [-0.39, 0.29) is 0 Å². The fourth-order valence-electron chi connectivity index (χ4n) is 2.83. The van der Waals surface area contributed by atoms with Crippen molar-refractivity contribution in [3.63, 3.8) is 0 Å². The number of aryl methyl sites for hydroxylation is 1. The summed E-state index contributed by atoms with van der Waals surface area (Å²) in [5.74, 6) is 1.15. The maximum absolute atomic E-state index is 5.75. The molecule has 3 aromatic rings. The molecule has 0 aliphatic heterocycles. The van der Waals surface area contributed by atoms with Gasteiger partial charge in [-0.05, 0) is 30.2 Å². The topological polar surface area (TPSA) is 43.8 Å². The molecular weight excluding hydrogens is 302 g/mol. The van der Waals surface area contributed by atoms with Crippen LogP contribution in [0.3, 0.4) is 0 Å². The first kappa shape index (κ1) is 15.7. The Bertz CT molecular complexity index is 836. The maximum Gasteiger partial charge on any atom is 0.110 e. The van der Waals surface area contributed by atoms with Crippen LogP contribution in [0.15, 0.2) is 48.5 Å². The number of unbranched alkanes of at least 4 members (excludes halogenated alkanes) is 1. The summed E-state index contributed by atoms with van der Waals surface area (Å²) in [5.41, 5.74) is 10.1. The van der Waals surface area contributed by atoms with Crippen LogP contribution in [-0.2, 0) is 13.0 Å². The minimum Gasteiger partial charge on any atom is -0.389 e. The number of aromatic nitrogens is 2. The van der Waals surface area contributed by atoms with Crippen molar-refractivity contribution >= 4 is 28.2 Å². The van der Waals surface area contributed by atoms with E-state index in [2.05, 4.69) is 41.8 Å². The monoisotopic (exact) mass is 323 g/mol. The summed E-state index contributed by atoms with van der Waals surface area (Å²) in [6, 6.07) is 16.5. The summed E-state index contributed by atoms with van der Waals surface area (Å²) in [6.45, 7) is 2.99. The van der Waals surface area contributed by atoms with Crippen molar-refractivity contribution < 1.29 is 0 Å². The van der Waals surface area contributed by atoms with Gasteiger partial charge in [-0.15, -0.1) is 0 Å². The van der Waals surface area contributed by atoms with Crippen molar-refractivity contribution in [1.82, 2.24) is 9.55 Å². The molecule has 1 heterocycles. The van der Waals surface area contributed by atoms with Gasteiger partial charge in [-0.3, -0.25) is 0 Å². The molecule has 0 bridgehead atoms. The molecule has 3 nitrogen and oxygen atoms in total. The van der Waals surface area contributed by atoms with Gasteiger partial charge < -0.3 is 10.3 Å². The van der Waals surface area contributed by atoms with Gasteiger partial charge in [-0.1, -0.05) is 55.9 Å². The summed E-state index contributed by atoms with van der Waals surface area (Å²) < 4.78 is 2.31. The molecule has 23 heavy (non-hydrogen) atoms. The summed E-state index contributed by atoms with van der Waals surface area (Å²) in [6.07, 6.45) is 3.32. The SMILES string of the molecule is CCCCc1nc2ccccc2n1Cc1cccc(C(N)=S)c1. The van der Waals surface area contributed by atoms with E-state index >= 15 is 0 Å². The van der Waals surface area contributed by atoms with Crippen LogP contribution in [0.5, 0.6) is 0 Å². The number of hydrogen-bond acceptors (Lipinski definition) is 2. The van der Waals surface area contributed by atoms with E-state index in [1.807, 2.05) is 18.2 Å². The van der Waals surface area contributed by atoms with Crippen LogP contribution < -0.4 is 5.73 Å². The first-order valence-corrected chi connectivity index (χ1v) is 8.42. The molecule has 0 saturated heterocycles. The molecule has 4 heteroatoms. The van der Waals surface area contributed by atoms with Gasteiger partial charge in [0.25, 0.3) is 0 Å². The second-order valence-electron chi connectivity index (χ2n) is 5.77. The number of fused-ring (bicyclic) bond motifs is 1. The minimum atomic E-state index is 0.438. The molecule has 0 saturated carbocycles. The molecule has 2 N–H and O–H groups in total. The van der Waals surface area contributed by atoms with Crippen molar-refractivity contribution in [2.75, 3.05) is 0 Å². The van der Waals surface area contributed by atoms with E-state index in [0.717, 1.165) is 36.3 Å². The number of para-hydroxylation sites is 2. The molecule has 1 aromatic heterocycles. The molecule has 3 rings (SSSR count). The third-order valence-electron chi connectivity index (χ3n) is 4.04. The van der Waals surface area contributed by atoms with Gasteiger partial charge in [-0.25, -0.2) is 4.98 Å². The zero-order valence-electron chi connectivity index (χ0n) is 13.3. The first-order valence-electron chi connectivity index (χ1n) is 8.02. The molecular formula is C19H21N3S. The Labute approximate surface area is 142 Å². The molecule has 0 amide bonds. The highest BCUT2D eigenvalue weighted by Gasteiger charge is 2.11. The lowest BCUT2D eigenvalue weighted by Crippen LogP contribution is -2.11. The highest BCUT2D eigenvalue weighted by Crippen LogP contribution is 2.20. The quantitative estimate of drug-likeness (QED) is 0.696. The number of thiocarbonyl (C=S) groups is 1. The zero-order chi connectivity index (χ0) is 16.2.